The summed E-state index contributed by atoms with van der Waals surface area (Å²) >= 11 is 0. The van der Waals surface area contributed by atoms with Gasteiger partial charge in [-0.05, 0) is 6.07 Å². The fourth-order valence-corrected chi connectivity index (χ4v) is 2.71. The van der Waals surface area contributed by atoms with E-state index >= 15 is 0 Å². The highest BCUT2D eigenvalue weighted by atomic mass is 32.2. The molecule has 20 heavy (non-hydrogen) atoms. The predicted molar refractivity (Wildman–Crippen MR) is 64.7 cm³/mol. The number of aliphatic carboxylic acids is 1. The van der Waals surface area contributed by atoms with Crippen LogP contribution in [0.5, 0.6) is 0 Å². The molecule has 0 bridgehead atoms. The van der Waals surface area contributed by atoms with Crippen LogP contribution in [0.25, 0.3) is 0 Å². The highest BCUT2D eigenvalue weighted by Gasteiger charge is 2.33. The van der Waals surface area contributed by atoms with E-state index in [0.717, 1.165) is 0 Å². The lowest BCUT2D eigenvalue weighted by Gasteiger charge is -2.24. The first kappa shape index (κ1) is 16.5. The summed E-state index contributed by atoms with van der Waals surface area (Å²) in [6.45, 7) is 2.58. The lowest BCUT2D eigenvalue weighted by Crippen LogP contribution is -2.25. The molecule has 0 aliphatic heterocycles. The molecule has 0 saturated heterocycles. The molecule has 1 aromatic rings. The monoisotopic (exact) mass is 310 g/mol. The van der Waals surface area contributed by atoms with Crippen LogP contribution in [0.2, 0.25) is 0 Å². The zero-order valence-electron chi connectivity index (χ0n) is 11.0. The maximum absolute atomic E-state index is 13.9. The van der Waals surface area contributed by atoms with E-state index in [0.29, 0.717) is 12.3 Å². The Hall–Kier alpha value is -1.57. The van der Waals surface area contributed by atoms with Crippen LogP contribution in [0.3, 0.4) is 0 Å². The number of carboxylic acids is 1. The number of halogens is 3. The van der Waals surface area contributed by atoms with Crippen LogP contribution in [0.15, 0.2) is 11.0 Å². The molecule has 0 atom stereocenters. The van der Waals surface area contributed by atoms with Gasteiger partial charge in [0.15, 0.2) is 21.5 Å². The van der Waals surface area contributed by atoms with Gasteiger partial charge in [-0.1, -0.05) is 13.8 Å². The quantitative estimate of drug-likeness (QED) is 0.866. The van der Waals surface area contributed by atoms with Crippen molar-refractivity contribution >= 4 is 15.8 Å². The Morgan fingerprint density at radius 1 is 1.25 bits per heavy atom. The molecule has 4 nitrogen and oxygen atoms in total. The molecule has 0 aromatic heterocycles. The smallest absolute Gasteiger partial charge is 0.304 e. The van der Waals surface area contributed by atoms with Gasteiger partial charge in [-0.2, -0.15) is 0 Å². The fourth-order valence-electron chi connectivity index (χ4n) is 1.88. The van der Waals surface area contributed by atoms with Crippen molar-refractivity contribution in [3.8, 4) is 0 Å². The number of carboxylic acid groups (broad SMARTS) is 1. The van der Waals surface area contributed by atoms with E-state index in [9.17, 15) is 26.4 Å². The Bertz CT molecular complexity index is 666. The van der Waals surface area contributed by atoms with Crippen LogP contribution in [-0.4, -0.2) is 25.7 Å². The second-order valence-corrected chi connectivity index (χ2v) is 7.04. The minimum Gasteiger partial charge on any atom is -0.481 e. The first-order valence-electron chi connectivity index (χ1n) is 5.47. The molecule has 112 valence electrons. The van der Waals surface area contributed by atoms with Crippen LogP contribution in [-0.2, 0) is 20.0 Å². The third-order valence-electron chi connectivity index (χ3n) is 2.81. The predicted octanol–water partition coefficient (Wildman–Crippen LogP) is 2.26. The highest BCUT2D eigenvalue weighted by Crippen LogP contribution is 2.34. The minimum absolute atomic E-state index is 0.526. The van der Waals surface area contributed by atoms with E-state index < -0.39 is 55.6 Å². The number of sulfone groups is 1. The van der Waals surface area contributed by atoms with Crippen molar-refractivity contribution < 1.29 is 31.5 Å². The fraction of sp³-hybridized carbons (Fsp3) is 0.417. The van der Waals surface area contributed by atoms with Crippen molar-refractivity contribution in [2.45, 2.75) is 30.6 Å². The van der Waals surface area contributed by atoms with E-state index in [1.807, 2.05) is 0 Å². The topological polar surface area (TPSA) is 71.4 Å². The summed E-state index contributed by atoms with van der Waals surface area (Å²) in [5.41, 5.74) is -1.92. The molecule has 1 N–H and O–H groups in total. The SMILES string of the molecule is CC(C)(CC(=O)O)c1cc(F)c(S(C)(=O)=O)c(F)c1F. The maximum atomic E-state index is 13.9. The highest BCUT2D eigenvalue weighted by molar-refractivity contribution is 7.90. The summed E-state index contributed by atoms with van der Waals surface area (Å²) in [5.74, 6) is -6.11. The van der Waals surface area contributed by atoms with Gasteiger partial charge in [0, 0.05) is 17.2 Å². The van der Waals surface area contributed by atoms with Crippen LogP contribution in [0, 0.1) is 17.5 Å². The van der Waals surface area contributed by atoms with Crippen LogP contribution in [0.4, 0.5) is 13.2 Å². The van der Waals surface area contributed by atoms with E-state index in [4.69, 9.17) is 5.11 Å². The summed E-state index contributed by atoms with van der Waals surface area (Å²) in [5, 5.41) is 8.72. The lowest BCUT2D eigenvalue weighted by atomic mass is 9.81. The van der Waals surface area contributed by atoms with Gasteiger partial charge in [-0.25, -0.2) is 21.6 Å². The number of carbonyl (C=O) groups is 1. The third-order valence-corrected chi connectivity index (χ3v) is 3.93. The molecule has 0 spiro atoms. The second-order valence-electron chi connectivity index (χ2n) is 5.09. The molecule has 0 heterocycles. The average Bonchev–Trinajstić information content (AvgIpc) is 2.19. The van der Waals surface area contributed by atoms with Crippen molar-refractivity contribution in [1.82, 2.24) is 0 Å². The average molecular weight is 310 g/mol. The zero-order chi connectivity index (χ0) is 15.9. The lowest BCUT2D eigenvalue weighted by molar-refractivity contribution is -0.138. The summed E-state index contributed by atoms with van der Waals surface area (Å²) in [6, 6.07) is 0.526. The van der Waals surface area contributed by atoms with Crippen molar-refractivity contribution in [3.63, 3.8) is 0 Å². The molecule has 8 heteroatoms. The molecule has 0 saturated carbocycles. The standard InChI is InChI=1S/C12H13F3O4S/c1-12(2,5-8(16)17)6-4-7(13)11(20(3,18)19)10(15)9(6)14/h4H,5H2,1-3H3,(H,16,17). The van der Waals surface area contributed by atoms with Crippen LogP contribution >= 0.6 is 0 Å². The van der Waals surface area contributed by atoms with Gasteiger partial charge in [0.1, 0.15) is 10.7 Å². The number of benzene rings is 1. The summed E-state index contributed by atoms with van der Waals surface area (Å²) in [6.07, 6.45) is -0.0168. The molecule has 0 radical (unpaired) electrons. The van der Waals surface area contributed by atoms with Gasteiger partial charge >= 0.3 is 5.97 Å². The first-order valence-corrected chi connectivity index (χ1v) is 7.37. The molecule has 1 aromatic carbocycles. The largest absolute Gasteiger partial charge is 0.481 e. The Kier molecular flexibility index (Phi) is 4.19. The van der Waals surface area contributed by atoms with E-state index in [2.05, 4.69) is 0 Å². The van der Waals surface area contributed by atoms with Crippen molar-refractivity contribution in [3.05, 3.63) is 29.1 Å². The summed E-state index contributed by atoms with van der Waals surface area (Å²) in [7, 11) is -4.28. The minimum atomic E-state index is -4.28. The molecule has 0 aliphatic rings. The van der Waals surface area contributed by atoms with E-state index in [-0.39, 0.29) is 0 Å². The molecule has 0 unspecified atom stereocenters. The van der Waals surface area contributed by atoms with E-state index in [1.54, 1.807) is 0 Å². The number of hydrogen-bond acceptors (Lipinski definition) is 3. The number of rotatable bonds is 4. The number of hydrogen-bond donors (Lipinski definition) is 1. The van der Waals surface area contributed by atoms with Crippen molar-refractivity contribution in [2.24, 2.45) is 0 Å². The first-order chi connectivity index (χ1) is 8.88. The molecular formula is C12H13F3O4S. The summed E-state index contributed by atoms with van der Waals surface area (Å²) in [4.78, 5) is 9.33. The van der Waals surface area contributed by atoms with Gasteiger partial charge in [-0.3, -0.25) is 4.79 Å². The maximum Gasteiger partial charge on any atom is 0.304 e. The van der Waals surface area contributed by atoms with Crippen LogP contribution < -0.4 is 0 Å². The Balaban J connectivity index is 3.60. The molecule has 0 fully saturated rings. The van der Waals surface area contributed by atoms with Crippen molar-refractivity contribution in [2.75, 3.05) is 6.26 Å². The van der Waals surface area contributed by atoms with E-state index in [1.165, 1.54) is 13.8 Å². The van der Waals surface area contributed by atoms with Gasteiger partial charge in [0.05, 0.1) is 6.42 Å². The third kappa shape index (κ3) is 3.12. The molecule has 1 rings (SSSR count). The van der Waals surface area contributed by atoms with Gasteiger partial charge in [0.2, 0.25) is 0 Å². The zero-order valence-corrected chi connectivity index (χ0v) is 11.8. The van der Waals surface area contributed by atoms with Gasteiger partial charge in [0.25, 0.3) is 0 Å². The summed E-state index contributed by atoms with van der Waals surface area (Å²) < 4.78 is 63.8. The Morgan fingerprint density at radius 2 is 1.75 bits per heavy atom. The molecule has 0 amide bonds. The van der Waals surface area contributed by atoms with Gasteiger partial charge in [-0.15, -0.1) is 0 Å². The molecule has 0 aliphatic carbocycles. The second kappa shape index (κ2) is 5.08. The Morgan fingerprint density at radius 3 is 2.15 bits per heavy atom. The van der Waals surface area contributed by atoms with Gasteiger partial charge < -0.3 is 5.11 Å². The Labute approximate surface area is 114 Å². The van der Waals surface area contributed by atoms with Crippen molar-refractivity contribution in [1.29, 1.82) is 0 Å². The normalized spacial score (nSPS) is 12.5. The van der Waals surface area contributed by atoms with Crippen LogP contribution in [0.1, 0.15) is 25.8 Å². The molecular weight excluding hydrogens is 297 g/mol.